The normalized spacial score (nSPS) is 13.3. The Labute approximate surface area is 186 Å². The van der Waals surface area contributed by atoms with Crippen molar-refractivity contribution < 1.29 is 15.0 Å². The number of pyridine rings is 2. The van der Waals surface area contributed by atoms with Gasteiger partial charge in [0.1, 0.15) is 11.3 Å². The maximum absolute atomic E-state index is 11.2. The first-order valence-electron chi connectivity index (χ1n) is 10.8. The van der Waals surface area contributed by atoms with Gasteiger partial charge in [-0.2, -0.15) is 0 Å². The number of nitrogens with two attached hydrogens (primary N) is 1. The van der Waals surface area contributed by atoms with Crippen molar-refractivity contribution in [3.63, 3.8) is 0 Å². The topological polar surface area (TPSA) is 109 Å². The molecular formula is C26H27N3O3. The first-order valence-corrected chi connectivity index (χ1v) is 10.8. The fourth-order valence-corrected chi connectivity index (χ4v) is 4.28. The number of phenolic OH excluding ortho intramolecular Hbond substituents is 1. The van der Waals surface area contributed by atoms with Gasteiger partial charge in [-0.3, -0.25) is 9.78 Å². The van der Waals surface area contributed by atoms with Crippen LogP contribution in [0, 0.1) is 0 Å². The molecule has 0 amide bonds. The Kier molecular flexibility index (Phi) is 5.95. The molecule has 0 fully saturated rings. The summed E-state index contributed by atoms with van der Waals surface area (Å²) < 4.78 is 0. The van der Waals surface area contributed by atoms with Crippen LogP contribution in [0.25, 0.3) is 21.8 Å². The lowest BCUT2D eigenvalue weighted by Gasteiger charge is -2.16. The summed E-state index contributed by atoms with van der Waals surface area (Å²) in [5.41, 5.74) is 10.9. The average molecular weight is 430 g/mol. The van der Waals surface area contributed by atoms with Gasteiger partial charge >= 0.3 is 5.97 Å². The van der Waals surface area contributed by atoms with Crippen molar-refractivity contribution in [1.29, 1.82) is 0 Å². The summed E-state index contributed by atoms with van der Waals surface area (Å²) in [4.78, 5) is 20.4. The van der Waals surface area contributed by atoms with E-state index in [0.717, 1.165) is 45.8 Å². The number of carboxylic acids is 1. The van der Waals surface area contributed by atoms with Crippen LogP contribution in [-0.4, -0.2) is 26.2 Å². The fraction of sp³-hybridized carbons (Fsp3) is 0.269. The lowest BCUT2D eigenvalue weighted by Crippen LogP contribution is -2.06. The van der Waals surface area contributed by atoms with Crippen molar-refractivity contribution in [2.45, 2.75) is 44.9 Å². The van der Waals surface area contributed by atoms with Gasteiger partial charge in [0.2, 0.25) is 0 Å². The number of anilines is 1. The van der Waals surface area contributed by atoms with Gasteiger partial charge in [-0.1, -0.05) is 38.1 Å². The summed E-state index contributed by atoms with van der Waals surface area (Å²) in [7, 11) is 0. The Bertz CT molecular complexity index is 1290. The van der Waals surface area contributed by atoms with E-state index < -0.39 is 5.97 Å². The second kappa shape index (κ2) is 8.83. The van der Waals surface area contributed by atoms with Crippen LogP contribution in [0.15, 0.2) is 54.7 Å². The molecule has 0 spiro atoms. The van der Waals surface area contributed by atoms with Crippen LogP contribution in [0.4, 0.5) is 5.82 Å². The minimum atomic E-state index is -0.806. The highest BCUT2D eigenvalue weighted by atomic mass is 16.4. The second-order valence-electron chi connectivity index (χ2n) is 8.41. The van der Waals surface area contributed by atoms with Gasteiger partial charge in [-0.05, 0) is 65.6 Å². The second-order valence-corrected chi connectivity index (χ2v) is 8.41. The van der Waals surface area contributed by atoms with Crippen molar-refractivity contribution in [3.05, 3.63) is 71.4 Å². The van der Waals surface area contributed by atoms with Crippen LogP contribution in [0.2, 0.25) is 0 Å². The van der Waals surface area contributed by atoms with Crippen molar-refractivity contribution in [2.24, 2.45) is 0 Å². The monoisotopic (exact) mass is 429 g/mol. The number of hydrogen-bond acceptors (Lipinski definition) is 5. The van der Waals surface area contributed by atoms with E-state index in [2.05, 4.69) is 23.0 Å². The van der Waals surface area contributed by atoms with Crippen LogP contribution in [-0.2, 0) is 11.2 Å². The highest BCUT2D eigenvalue weighted by molar-refractivity contribution is 6.08. The highest BCUT2D eigenvalue weighted by Crippen LogP contribution is 2.33. The van der Waals surface area contributed by atoms with Crippen LogP contribution in [0.3, 0.4) is 0 Å². The quantitative estimate of drug-likeness (QED) is 0.340. The lowest BCUT2D eigenvalue weighted by molar-refractivity contribution is -0.137. The number of phenols is 1. The van der Waals surface area contributed by atoms with E-state index in [-0.39, 0.29) is 24.0 Å². The molecule has 2 aromatic carbocycles. The van der Waals surface area contributed by atoms with Crippen molar-refractivity contribution in [2.75, 3.05) is 5.73 Å². The summed E-state index contributed by atoms with van der Waals surface area (Å²) >= 11 is 0. The zero-order valence-electron chi connectivity index (χ0n) is 18.2. The Morgan fingerprint density at radius 2 is 1.81 bits per heavy atom. The molecule has 0 aliphatic rings. The van der Waals surface area contributed by atoms with Gasteiger partial charge in [-0.15, -0.1) is 0 Å². The van der Waals surface area contributed by atoms with E-state index in [1.54, 1.807) is 12.1 Å². The Hall–Kier alpha value is -3.67. The molecule has 164 valence electrons. The van der Waals surface area contributed by atoms with Gasteiger partial charge in [0.25, 0.3) is 0 Å². The number of aromatic hydroxyl groups is 1. The van der Waals surface area contributed by atoms with E-state index >= 15 is 0 Å². The highest BCUT2D eigenvalue weighted by Gasteiger charge is 2.17. The van der Waals surface area contributed by atoms with Crippen molar-refractivity contribution in [3.8, 4) is 5.75 Å². The summed E-state index contributed by atoms with van der Waals surface area (Å²) in [5, 5.41) is 20.6. The third-order valence-electron chi connectivity index (χ3n) is 6.14. The zero-order valence-corrected chi connectivity index (χ0v) is 18.2. The predicted octanol–water partition coefficient (Wildman–Crippen LogP) is 5.39. The average Bonchev–Trinajstić information content (AvgIpc) is 2.78. The minimum Gasteiger partial charge on any atom is -0.508 e. The zero-order chi connectivity index (χ0) is 22.8. The van der Waals surface area contributed by atoms with Crippen molar-refractivity contribution in [1.82, 2.24) is 9.97 Å². The molecule has 6 nitrogen and oxygen atoms in total. The number of aliphatic carboxylic acids is 1. The van der Waals surface area contributed by atoms with Gasteiger partial charge in [0, 0.05) is 17.0 Å². The van der Waals surface area contributed by atoms with Gasteiger partial charge < -0.3 is 15.9 Å². The molecule has 4 aromatic rings. The van der Waals surface area contributed by atoms with Crippen molar-refractivity contribution >= 4 is 33.6 Å². The standard InChI is InChI=1S/C26H27N3O3/c1-3-17(13-24(31)32)18-6-9-21-22-11-19(14-28-25(22)26(27)29-23(21)12-18)15(2)10-16-4-7-20(30)8-5-16/h4-9,11-12,14-15,17,30H,3,10,13H2,1-2H3,(H2,27,29)(H,31,32). The number of fused-ring (bicyclic) bond motifs is 3. The Balaban J connectivity index is 1.74. The molecule has 0 saturated heterocycles. The van der Waals surface area contributed by atoms with Gasteiger partial charge in [-0.25, -0.2) is 4.98 Å². The number of carboxylic acid groups (broad SMARTS) is 1. The molecule has 0 radical (unpaired) electrons. The van der Waals surface area contributed by atoms with E-state index in [1.807, 2.05) is 43.5 Å². The van der Waals surface area contributed by atoms with E-state index in [4.69, 9.17) is 5.73 Å². The predicted molar refractivity (Wildman–Crippen MR) is 127 cm³/mol. The van der Waals surface area contributed by atoms with Crippen LogP contribution < -0.4 is 5.73 Å². The molecule has 2 heterocycles. The third kappa shape index (κ3) is 4.35. The molecule has 2 atom stereocenters. The molecule has 4 N–H and O–H groups in total. The minimum absolute atomic E-state index is 0.0644. The fourth-order valence-electron chi connectivity index (χ4n) is 4.28. The molecule has 0 aliphatic heterocycles. The van der Waals surface area contributed by atoms with Crippen LogP contribution >= 0.6 is 0 Å². The SMILES string of the molecule is CCC(CC(=O)O)c1ccc2c(c1)nc(N)c1ncc(C(C)Cc3ccc(O)cc3)cc12. The van der Waals surface area contributed by atoms with E-state index in [9.17, 15) is 15.0 Å². The summed E-state index contributed by atoms with van der Waals surface area (Å²) in [6.07, 6.45) is 3.50. The summed E-state index contributed by atoms with van der Waals surface area (Å²) in [5.74, 6) is -0.0186. The number of rotatable bonds is 7. The first-order chi connectivity index (χ1) is 15.4. The molecule has 4 rings (SSSR count). The molecular weight excluding hydrogens is 402 g/mol. The molecule has 0 saturated carbocycles. The maximum atomic E-state index is 11.2. The molecule has 32 heavy (non-hydrogen) atoms. The van der Waals surface area contributed by atoms with Gasteiger partial charge in [0.15, 0.2) is 5.82 Å². The van der Waals surface area contributed by atoms with E-state index in [0.29, 0.717) is 11.3 Å². The Morgan fingerprint density at radius 1 is 1.06 bits per heavy atom. The lowest BCUT2D eigenvalue weighted by atomic mass is 9.91. The molecule has 2 aromatic heterocycles. The largest absolute Gasteiger partial charge is 0.508 e. The number of carbonyl (C=O) groups is 1. The summed E-state index contributed by atoms with van der Waals surface area (Å²) in [6.45, 7) is 4.14. The number of nitrogen functional groups attached to an aromatic ring is 1. The van der Waals surface area contributed by atoms with Gasteiger partial charge in [0.05, 0.1) is 11.9 Å². The summed E-state index contributed by atoms with van der Waals surface area (Å²) in [6, 6.07) is 15.3. The Morgan fingerprint density at radius 3 is 2.50 bits per heavy atom. The first kappa shape index (κ1) is 21.6. The maximum Gasteiger partial charge on any atom is 0.303 e. The van der Waals surface area contributed by atoms with Crippen LogP contribution in [0.1, 0.15) is 55.2 Å². The smallest absolute Gasteiger partial charge is 0.303 e. The van der Waals surface area contributed by atoms with Crippen LogP contribution in [0.5, 0.6) is 5.75 Å². The third-order valence-corrected chi connectivity index (χ3v) is 6.14. The molecule has 0 bridgehead atoms. The molecule has 2 unspecified atom stereocenters. The number of benzene rings is 2. The number of hydrogen-bond donors (Lipinski definition) is 3. The van der Waals surface area contributed by atoms with E-state index in [1.165, 1.54) is 0 Å². The molecule has 0 aliphatic carbocycles. The number of nitrogens with zero attached hydrogens (tertiary/aromatic N) is 2. The molecule has 6 heteroatoms. The number of aromatic nitrogens is 2.